The Bertz CT molecular complexity index is 1180. The van der Waals surface area contributed by atoms with Gasteiger partial charge in [0.2, 0.25) is 11.2 Å². The van der Waals surface area contributed by atoms with Crippen LogP contribution in [0.15, 0.2) is 30.5 Å². The van der Waals surface area contributed by atoms with Crippen LogP contribution in [0, 0.1) is 25.2 Å². The van der Waals surface area contributed by atoms with Gasteiger partial charge in [0.15, 0.2) is 0 Å². The van der Waals surface area contributed by atoms with E-state index in [0.717, 1.165) is 16.7 Å². The Hall–Kier alpha value is -3.37. The van der Waals surface area contributed by atoms with Gasteiger partial charge >= 0.3 is 6.09 Å². The normalized spacial score (nSPS) is 11.6. The van der Waals surface area contributed by atoms with E-state index in [-0.39, 0.29) is 11.2 Å². The minimum atomic E-state index is -0.665. The molecule has 0 atom stereocenters. The highest BCUT2D eigenvalue weighted by molar-refractivity contribution is 6.28. The topological polar surface area (TPSA) is 90.0 Å². The molecule has 0 radical (unpaired) electrons. The molecule has 2 aromatic heterocycles. The van der Waals surface area contributed by atoms with Crippen LogP contribution < -0.4 is 4.74 Å². The third-order valence-electron chi connectivity index (χ3n) is 4.10. The number of hydrogen-bond donors (Lipinski definition) is 0. The molecule has 30 heavy (non-hydrogen) atoms. The van der Waals surface area contributed by atoms with Gasteiger partial charge in [-0.2, -0.15) is 10.2 Å². The lowest BCUT2D eigenvalue weighted by Crippen LogP contribution is -2.26. The highest BCUT2D eigenvalue weighted by Crippen LogP contribution is 2.34. The first-order valence-corrected chi connectivity index (χ1v) is 9.60. The lowest BCUT2D eigenvalue weighted by atomic mass is 10.1. The number of hydrogen-bond acceptors (Lipinski definition) is 6. The van der Waals surface area contributed by atoms with E-state index in [1.165, 1.54) is 10.6 Å². The number of carbonyl (C=O) groups excluding carboxylic acids is 1. The summed E-state index contributed by atoms with van der Waals surface area (Å²) >= 11 is 6.08. The Labute approximate surface area is 179 Å². The summed E-state index contributed by atoms with van der Waals surface area (Å²) < 4.78 is 12.9. The van der Waals surface area contributed by atoms with Crippen LogP contribution in [0.25, 0.3) is 17.1 Å². The molecule has 0 amide bonds. The largest absolute Gasteiger partial charge is 0.443 e. The lowest BCUT2D eigenvalue weighted by molar-refractivity contribution is 0.0543. The average molecular weight is 425 g/mol. The van der Waals surface area contributed by atoms with E-state index < -0.39 is 11.7 Å². The van der Waals surface area contributed by atoms with Crippen molar-refractivity contribution >= 4 is 34.8 Å². The average Bonchev–Trinajstić information content (AvgIpc) is 3.05. The number of nitrogens with zero attached hydrogens (tertiary/aromatic N) is 4. The zero-order valence-corrected chi connectivity index (χ0v) is 18.1. The molecule has 2 heterocycles. The van der Waals surface area contributed by atoms with Crippen molar-refractivity contribution in [2.75, 3.05) is 0 Å². The number of ether oxygens (including phenoxy) is 2. The summed E-state index contributed by atoms with van der Waals surface area (Å²) in [4.78, 5) is 21.1. The number of carbonyl (C=O) groups is 1. The van der Waals surface area contributed by atoms with Crippen LogP contribution in [-0.4, -0.2) is 26.2 Å². The number of fused-ring (bicyclic) bond motifs is 1. The summed E-state index contributed by atoms with van der Waals surface area (Å²) in [5.41, 5.74) is 2.71. The third-order valence-corrected chi connectivity index (χ3v) is 4.27. The van der Waals surface area contributed by atoms with Crippen LogP contribution in [0.2, 0.25) is 5.28 Å². The fourth-order valence-electron chi connectivity index (χ4n) is 2.99. The van der Waals surface area contributed by atoms with Gasteiger partial charge in [-0.3, -0.25) is 0 Å². The molecule has 0 spiro atoms. The maximum Gasteiger partial charge on any atom is 0.419 e. The number of halogens is 1. The summed E-state index contributed by atoms with van der Waals surface area (Å²) in [6, 6.07) is 7.41. The van der Waals surface area contributed by atoms with Crippen LogP contribution in [-0.2, 0) is 4.74 Å². The van der Waals surface area contributed by atoms with Crippen molar-refractivity contribution in [3.63, 3.8) is 0 Å². The van der Waals surface area contributed by atoms with E-state index in [1.807, 2.05) is 32.0 Å². The maximum atomic E-state index is 12.7. The molecule has 8 heteroatoms. The van der Waals surface area contributed by atoms with E-state index in [9.17, 15) is 4.79 Å². The summed E-state index contributed by atoms with van der Waals surface area (Å²) in [6.45, 7) is 9.14. The molecule has 154 valence electrons. The predicted octanol–water partition coefficient (Wildman–Crippen LogP) is 5.81. The van der Waals surface area contributed by atoms with Crippen molar-refractivity contribution in [1.29, 1.82) is 5.26 Å². The highest BCUT2D eigenvalue weighted by Gasteiger charge is 2.23. The molecule has 0 saturated carbocycles. The zero-order chi connectivity index (χ0) is 22.1. The van der Waals surface area contributed by atoms with Gasteiger partial charge in [0.1, 0.15) is 16.9 Å². The van der Waals surface area contributed by atoms with Crippen molar-refractivity contribution < 1.29 is 14.3 Å². The molecule has 3 rings (SSSR count). The SMILES string of the molecule is Cc1cc(/C=C/C#N)cc(C)c1Oc1nc(Cl)nc2ccn(C(=O)OC(C)(C)C)c12. The zero-order valence-electron chi connectivity index (χ0n) is 17.4. The molecular weight excluding hydrogens is 404 g/mol. The Morgan fingerprint density at radius 3 is 2.50 bits per heavy atom. The van der Waals surface area contributed by atoms with Gasteiger partial charge in [-0.25, -0.2) is 14.3 Å². The lowest BCUT2D eigenvalue weighted by Gasteiger charge is -2.20. The molecule has 3 aromatic rings. The van der Waals surface area contributed by atoms with Crippen molar-refractivity contribution in [2.45, 2.75) is 40.2 Å². The molecule has 0 unspecified atom stereocenters. The van der Waals surface area contributed by atoms with Gasteiger partial charge in [-0.05, 0) is 87.2 Å². The first kappa shape index (κ1) is 21.3. The fraction of sp³-hybridized carbons (Fsp3) is 0.273. The molecule has 0 N–H and O–H groups in total. The van der Waals surface area contributed by atoms with Crippen LogP contribution in [0.1, 0.15) is 37.5 Å². The summed E-state index contributed by atoms with van der Waals surface area (Å²) in [5.74, 6) is 0.726. The van der Waals surface area contributed by atoms with Gasteiger partial charge in [-0.15, -0.1) is 0 Å². The smallest absolute Gasteiger partial charge is 0.419 e. The number of allylic oxidation sites excluding steroid dienone is 1. The van der Waals surface area contributed by atoms with Gasteiger partial charge in [-0.1, -0.05) is 0 Å². The van der Waals surface area contributed by atoms with Crippen LogP contribution in [0.5, 0.6) is 11.6 Å². The van der Waals surface area contributed by atoms with Crippen LogP contribution in [0.4, 0.5) is 4.79 Å². The number of nitriles is 1. The van der Waals surface area contributed by atoms with E-state index in [4.69, 9.17) is 26.3 Å². The second-order valence-corrected chi connectivity index (χ2v) is 8.08. The van der Waals surface area contributed by atoms with E-state index >= 15 is 0 Å². The predicted molar refractivity (Wildman–Crippen MR) is 115 cm³/mol. The number of aromatic nitrogens is 3. The Balaban J connectivity index is 2.09. The molecule has 7 nitrogen and oxygen atoms in total. The molecule has 0 saturated heterocycles. The van der Waals surface area contributed by atoms with Crippen molar-refractivity contribution in [2.24, 2.45) is 0 Å². The van der Waals surface area contributed by atoms with Crippen LogP contribution >= 0.6 is 11.6 Å². The van der Waals surface area contributed by atoms with Crippen LogP contribution in [0.3, 0.4) is 0 Å². The number of benzene rings is 1. The number of rotatable bonds is 3. The Morgan fingerprint density at radius 2 is 1.90 bits per heavy atom. The van der Waals surface area contributed by atoms with Gasteiger partial charge in [0, 0.05) is 12.3 Å². The van der Waals surface area contributed by atoms with Gasteiger partial charge in [0.05, 0.1) is 11.6 Å². The fourth-order valence-corrected chi connectivity index (χ4v) is 3.16. The molecule has 0 fully saturated rings. The summed E-state index contributed by atoms with van der Waals surface area (Å²) in [7, 11) is 0. The van der Waals surface area contributed by atoms with Gasteiger partial charge in [0.25, 0.3) is 0 Å². The van der Waals surface area contributed by atoms with E-state index in [1.54, 1.807) is 39.1 Å². The molecule has 0 aliphatic heterocycles. The summed E-state index contributed by atoms with van der Waals surface area (Å²) in [6.07, 6.45) is 4.11. The highest BCUT2D eigenvalue weighted by atomic mass is 35.5. The molecule has 0 aliphatic rings. The Kier molecular flexibility index (Phi) is 5.81. The third kappa shape index (κ3) is 4.61. The first-order chi connectivity index (χ1) is 14.1. The quantitative estimate of drug-likeness (QED) is 0.389. The summed E-state index contributed by atoms with van der Waals surface area (Å²) in [5, 5.41) is 8.74. The van der Waals surface area contributed by atoms with Crippen molar-refractivity contribution in [1.82, 2.24) is 14.5 Å². The van der Waals surface area contributed by atoms with Crippen molar-refractivity contribution in [3.8, 4) is 17.7 Å². The standard InChI is InChI=1S/C22H21ClN4O3/c1-13-11-15(7-6-9-24)12-14(2)18(13)29-19-17-16(25-20(23)26-19)8-10-27(17)21(28)30-22(3,4)5/h6-8,10-12H,1-5H3/b7-6+. The minimum Gasteiger partial charge on any atom is -0.443 e. The second-order valence-electron chi connectivity index (χ2n) is 7.75. The molecular formula is C22H21ClN4O3. The Morgan fingerprint density at radius 1 is 1.23 bits per heavy atom. The number of aryl methyl sites for hydroxylation is 2. The van der Waals surface area contributed by atoms with E-state index in [0.29, 0.717) is 16.8 Å². The minimum absolute atomic E-state index is 0.00307. The van der Waals surface area contributed by atoms with Gasteiger partial charge < -0.3 is 9.47 Å². The van der Waals surface area contributed by atoms with Crippen molar-refractivity contribution in [3.05, 3.63) is 52.4 Å². The molecule has 0 bridgehead atoms. The molecule has 1 aromatic carbocycles. The maximum absolute atomic E-state index is 12.7. The first-order valence-electron chi connectivity index (χ1n) is 9.22. The molecule has 0 aliphatic carbocycles. The van der Waals surface area contributed by atoms with E-state index in [2.05, 4.69) is 9.97 Å². The second kappa shape index (κ2) is 8.17. The monoisotopic (exact) mass is 424 g/mol.